The fourth-order valence-electron chi connectivity index (χ4n) is 1.69. The molecule has 2 N–H and O–H groups in total. The van der Waals surface area contributed by atoms with Crippen molar-refractivity contribution in [3.8, 4) is 0 Å². The lowest BCUT2D eigenvalue weighted by atomic mass is 10.2. The van der Waals surface area contributed by atoms with E-state index < -0.39 is 0 Å². The van der Waals surface area contributed by atoms with Gasteiger partial charge in [0.25, 0.3) is 0 Å². The molecule has 2 aromatic rings. The molecule has 0 saturated heterocycles. The molecule has 2 aromatic heterocycles. The van der Waals surface area contributed by atoms with Gasteiger partial charge in [-0.05, 0) is 32.4 Å². The van der Waals surface area contributed by atoms with E-state index in [1.165, 1.54) is 4.88 Å². The summed E-state index contributed by atoms with van der Waals surface area (Å²) in [5.74, 6) is 0. The van der Waals surface area contributed by atoms with Crippen LogP contribution in [0.1, 0.15) is 21.1 Å². The van der Waals surface area contributed by atoms with Crippen molar-refractivity contribution < 1.29 is 4.79 Å². The first-order valence-corrected chi connectivity index (χ1v) is 7.26. The number of nitrogens with zero attached hydrogens (tertiary/aromatic N) is 2. The van der Waals surface area contributed by atoms with Crippen molar-refractivity contribution in [1.29, 1.82) is 0 Å². The summed E-state index contributed by atoms with van der Waals surface area (Å²) < 4.78 is 0. The van der Waals surface area contributed by atoms with Crippen LogP contribution in [0.25, 0.3) is 0 Å². The molecule has 0 atom stereocenters. The van der Waals surface area contributed by atoms with Crippen LogP contribution < -0.4 is 10.6 Å². The molecule has 6 heteroatoms. The minimum atomic E-state index is -0.217. The smallest absolute Gasteiger partial charge is 0.319 e. The minimum Gasteiger partial charge on any atom is -0.337 e. The van der Waals surface area contributed by atoms with E-state index in [0.29, 0.717) is 6.54 Å². The van der Waals surface area contributed by atoms with Gasteiger partial charge in [-0.25, -0.2) is 9.78 Å². The van der Waals surface area contributed by atoms with Gasteiger partial charge in [0.1, 0.15) is 0 Å². The maximum atomic E-state index is 11.8. The van der Waals surface area contributed by atoms with E-state index in [-0.39, 0.29) is 6.03 Å². The molecule has 2 heterocycles. The first kappa shape index (κ1) is 14.5. The largest absolute Gasteiger partial charge is 0.337 e. The molecule has 106 valence electrons. The van der Waals surface area contributed by atoms with Crippen LogP contribution in [0.15, 0.2) is 18.5 Å². The summed E-state index contributed by atoms with van der Waals surface area (Å²) in [5.41, 5.74) is 2.78. The van der Waals surface area contributed by atoms with Crippen LogP contribution in [0.2, 0.25) is 0 Å². The molecule has 0 radical (unpaired) electrons. The summed E-state index contributed by atoms with van der Waals surface area (Å²) in [6.45, 7) is 6.55. The second-order valence-corrected chi connectivity index (χ2v) is 5.86. The van der Waals surface area contributed by atoms with Gasteiger partial charge >= 0.3 is 6.03 Å². The first-order valence-electron chi connectivity index (χ1n) is 6.44. The van der Waals surface area contributed by atoms with Crippen molar-refractivity contribution in [3.63, 3.8) is 0 Å². The van der Waals surface area contributed by atoms with Gasteiger partial charge in [-0.3, -0.25) is 4.98 Å². The van der Waals surface area contributed by atoms with Crippen molar-refractivity contribution in [1.82, 2.24) is 15.3 Å². The Hall–Kier alpha value is -1.95. The van der Waals surface area contributed by atoms with Gasteiger partial charge in [-0.2, -0.15) is 0 Å². The summed E-state index contributed by atoms with van der Waals surface area (Å²) in [5, 5.41) is 6.66. The summed E-state index contributed by atoms with van der Waals surface area (Å²) in [4.78, 5) is 21.4. The van der Waals surface area contributed by atoms with Crippen LogP contribution in [0.5, 0.6) is 0 Å². The Labute approximate surface area is 122 Å². The SMILES string of the molecule is Cc1ccncc1NC(=O)NCCc1nc(C)c(C)s1. The maximum Gasteiger partial charge on any atom is 0.319 e. The van der Waals surface area contributed by atoms with Crippen molar-refractivity contribution in [2.75, 3.05) is 11.9 Å². The lowest BCUT2D eigenvalue weighted by Crippen LogP contribution is -2.30. The van der Waals surface area contributed by atoms with Crippen LogP contribution in [-0.4, -0.2) is 22.5 Å². The summed E-state index contributed by atoms with van der Waals surface area (Å²) in [7, 11) is 0. The number of nitrogens with one attached hydrogen (secondary N) is 2. The van der Waals surface area contributed by atoms with Gasteiger partial charge in [0, 0.05) is 24.0 Å². The van der Waals surface area contributed by atoms with E-state index in [1.807, 2.05) is 19.9 Å². The van der Waals surface area contributed by atoms with E-state index in [1.54, 1.807) is 23.7 Å². The van der Waals surface area contributed by atoms with Gasteiger partial charge in [0.2, 0.25) is 0 Å². The predicted octanol–water partition coefficient (Wildman–Crippen LogP) is 2.83. The molecule has 0 spiro atoms. The number of anilines is 1. The molecule has 0 aromatic carbocycles. The average Bonchev–Trinajstić information content (AvgIpc) is 2.71. The molecule has 0 unspecified atom stereocenters. The maximum absolute atomic E-state index is 11.8. The third-order valence-electron chi connectivity index (χ3n) is 2.98. The molecule has 5 nitrogen and oxygen atoms in total. The van der Waals surface area contributed by atoms with Gasteiger partial charge in [-0.1, -0.05) is 0 Å². The number of carbonyl (C=O) groups is 1. The highest BCUT2D eigenvalue weighted by atomic mass is 32.1. The molecule has 2 rings (SSSR count). The van der Waals surface area contributed by atoms with Crippen LogP contribution in [0.4, 0.5) is 10.5 Å². The van der Waals surface area contributed by atoms with Crippen molar-refractivity contribution in [2.24, 2.45) is 0 Å². The Morgan fingerprint density at radius 3 is 2.80 bits per heavy atom. The highest BCUT2D eigenvalue weighted by molar-refractivity contribution is 7.11. The monoisotopic (exact) mass is 290 g/mol. The zero-order valence-electron chi connectivity index (χ0n) is 11.9. The van der Waals surface area contributed by atoms with Gasteiger partial charge in [-0.15, -0.1) is 11.3 Å². The third kappa shape index (κ3) is 3.77. The van der Waals surface area contributed by atoms with E-state index in [4.69, 9.17) is 0 Å². The van der Waals surface area contributed by atoms with Crippen molar-refractivity contribution in [2.45, 2.75) is 27.2 Å². The number of amides is 2. The molecular weight excluding hydrogens is 272 g/mol. The van der Waals surface area contributed by atoms with Crippen LogP contribution >= 0.6 is 11.3 Å². The second kappa shape index (κ2) is 6.47. The minimum absolute atomic E-state index is 0.217. The van der Waals surface area contributed by atoms with Gasteiger partial charge < -0.3 is 10.6 Å². The fourth-order valence-corrected chi connectivity index (χ4v) is 2.62. The number of carbonyl (C=O) groups excluding carboxylic acids is 1. The number of aryl methyl sites for hydroxylation is 3. The standard InChI is InChI=1S/C14H18N4OS/c1-9-4-6-15-8-12(9)18-14(19)16-7-5-13-17-10(2)11(3)20-13/h4,6,8H,5,7H2,1-3H3,(H2,16,18,19). The van der Waals surface area contributed by atoms with Crippen molar-refractivity contribution >= 4 is 23.1 Å². The lowest BCUT2D eigenvalue weighted by Gasteiger charge is -2.08. The molecule has 0 aliphatic carbocycles. The molecular formula is C14H18N4OS. The van der Waals surface area contributed by atoms with Crippen LogP contribution in [0.3, 0.4) is 0 Å². The zero-order chi connectivity index (χ0) is 14.5. The number of hydrogen-bond donors (Lipinski definition) is 2. The number of rotatable bonds is 4. The Balaban J connectivity index is 1.80. The Bertz CT molecular complexity index is 589. The van der Waals surface area contributed by atoms with Gasteiger partial charge in [0.15, 0.2) is 0 Å². The quantitative estimate of drug-likeness (QED) is 0.910. The molecule has 0 bridgehead atoms. The topological polar surface area (TPSA) is 66.9 Å². The molecule has 20 heavy (non-hydrogen) atoms. The van der Waals surface area contributed by atoms with E-state index >= 15 is 0 Å². The first-order chi connectivity index (χ1) is 9.56. The highest BCUT2D eigenvalue weighted by Crippen LogP contribution is 2.16. The summed E-state index contributed by atoms with van der Waals surface area (Å²) >= 11 is 1.68. The molecule has 0 aliphatic rings. The fraction of sp³-hybridized carbons (Fsp3) is 0.357. The molecule has 0 saturated carbocycles. The average molecular weight is 290 g/mol. The number of pyridine rings is 1. The van der Waals surface area contributed by atoms with Crippen molar-refractivity contribution in [3.05, 3.63) is 39.6 Å². The molecule has 0 fully saturated rings. The Morgan fingerprint density at radius 2 is 2.15 bits per heavy atom. The Morgan fingerprint density at radius 1 is 1.35 bits per heavy atom. The Kier molecular flexibility index (Phi) is 4.68. The van der Waals surface area contributed by atoms with E-state index in [2.05, 4.69) is 27.5 Å². The lowest BCUT2D eigenvalue weighted by molar-refractivity contribution is 0.252. The summed E-state index contributed by atoms with van der Waals surface area (Å²) in [6.07, 6.45) is 4.09. The number of hydrogen-bond acceptors (Lipinski definition) is 4. The number of urea groups is 1. The van der Waals surface area contributed by atoms with E-state index in [9.17, 15) is 4.79 Å². The second-order valence-electron chi connectivity index (χ2n) is 4.57. The normalized spacial score (nSPS) is 10.3. The van der Waals surface area contributed by atoms with Gasteiger partial charge in [0.05, 0.1) is 22.6 Å². The highest BCUT2D eigenvalue weighted by Gasteiger charge is 2.06. The van der Waals surface area contributed by atoms with E-state index in [0.717, 1.165) is 28.4 Å². The molecule has 2 amide bonds. The molecule has 0 aliphatic heterocycles. The zero-order valence-corrected chi connectivity index (χ0v) is 12.7. The third-order valence-corrected chi connectivity index (χ3v) is 4.12. The summed E-state index contributed by atoms with van der Waals surface area (Å²) in [6, 6.07) is 1.64. The number of thiazole rings is 1. The predicted molar refractivity (Wildman–Crippen MR) is 81.3 cm³/mol. The van der Waals surface area contributed by atoms with Crippen LogP contribution in [-0.2, 0) is 6.42 Å². The number of aromatic nitrogens is 2. The van der Waals surface area contributed by atoms with Crippen LogP contribution in [0, 0.1) is 20.8 Å².